The molecular formula is H19NaO8S. The van der Waals surface area contributed by atoms with E-state index in [9.17, 15) is 0 Å². The smallest absolute Gasteiger partial charge is 1.00 e. The van der Waals surface area contributed by atoms with Crippen LogP contribution >= 0.6 is 13.5 Å². The van der Waals surface area contributed by atoms with Crippen LogP contribution in [0.25, 0.3) is 0 Å². The van der Waals surface area contributed by atoms with Gasteiger partial charge in [0.2, 0.25) is 0 Å². The molecule has 0 bridgehead atoms. The molecule has 0 aromatic heterocycles. The first kappa shape index (κ1) is 1050. The van der Waals surface area contributed by atoms with Crippen LogP contribution in [0.5, 0.6) is 0 Å². The van der Waals surface area contributed by atoms with Crippen molar-refractivity contribution in [2.45, 2.75) is 0 Å². The molecule has 0 aliphatic heterocycles. The van der Waals surface area contributed by atoms with Gasteiger partial charge in [-0.3, -0.25) is 0 Å². The molecule has 0 amide bonds. The third-order valence-electron chi connectivity index (χ3n) is 0. The van der Waals surface area contributed by atoms with Crippen LogP contribution in [0.15, 0.2) is 0 Å². The quantitative estimate of drug-likeness (QED) is 0.331. The second-order valence-electron chi connectivity index (χ2n) is 0. The van der Waals surface area contributed by atoms with Gasteiger partial charge >= 0.3 is 29.6 Å². The van der Waals surface area contributed by atoms with E-state index in [0.29, 0.717) is 0 Å². The second-order valence-corrected chi connectivity index (χ2v) is 0. The third-order valence-corrected chi connectivity index (χ3v) is 0. The van der Waals surface area contributed by atoms with Crippen molar-refractivity contribution in [3.05, 3.63) is 0 Å². The maximum Gasteiger partial charge on any atom is 1.00 e. The van der Waals surface area contributed by atoms with E-state index in [-0.39, 0.29) is 88.3 Å². The Hall–Kier alpha value is 1.03. The zero-order chi connectivity index (χ0) is 0. The van der Waals surface area contributed by atoms with Gasteiger partial charge in [0.25, 0.3) is 0 Å². The van der Waals surface area contributed by atoms with Crippen molar-refractivity contribution in [2.24, 2.45) is 0 Å². The Morgan fingerprint density at radius 2 is 0.400 bits per heavy atom. The molecule has 0 spiro atoms. The van der Waals surface area contributed by atoms with E-state index < -0.39 is 0 Å². The van der Waals surface area contributed by atoms with Gasteiger partial charge < -0.3 is 45.2 Å². The molecule has 0 saturated carbocycles. The molecule has 0 aromatic rings. The first-order valence-corrected chi connectivity index (χ1v) is 0. The van der Waals surface area contributed by atoms with Crippen LogP contribution in [-0.4, -0.2) is 43.8 Å². The molecule has 10 heteroatoms. The maximum atomic E-state index is 0. The van der Waals surface area contributed by atoms with Gasteiger partial charge in [0.05, 0.1) is 0 Å². The molecule has 0 aromatic carbocycles. The fourth-order valence-electron chi connectivity index (χ4n) is 0. The van der Waals surface area contributed by atoms with Crippen molar-refractivity contribution in [1.82, 2.24) is 0 Å². The summed E-state index contributed by atoms with van der Waals surface area (Å²) in [5, 5.41) is 0. The van der Waals surface area contributed by atoms with Gasteiger partial charge in [0.1, 0.15) is 0 Å². The van der Waals surface area contributed by atoms with E-state index >= 15 is 0 Å². The summed E-state index contributed by atoms with van der Waals surface area (Å²) < 4.78 is 0. The van der Waals surface area contributed by atoms with Crippen molar-refractivity contribution in [3.8, 4) is 0 Å². The molecule has 8 nitrogen and oxygen atoms in total. The van der Waals surface area contributed by atoms with Gasteiger partial charge in [0, 0.05) is 0 Å². The van der Waals surface area contributed by atoms with Crippen LogP contribution in [0.2, 0.25) is 0 Å². The van der Waals surface area contributed by atoms with Gasteiger partial charge in [-0.25, -0.2) is 0 Å². The van der Waals surface area contributed by atoms with Gasteiger partial charge in [0.15, 0.2) is 0 Å². The van der Waals surface area contributed by atoms with Crippen LogP contribution in [0.4, 0.5) is 0 Å². The Kier molecular flexibility index (Phi) is 80600. The largest absolute Gasteiger partial charge is 1.00 e. The van der Waals surface area contributed by atoms with E-state index in [0.717, 1.165) is 0 Å². The van der Waals surface area contributed by atoms with Gasteiger partial charge in [-0.2, -0.15) is 13.5 Å². The van der Waals surface area contributed by atoms with Crippen LogP contribution in [0, 0.1) is 0 Å². The van der Waals surface area contributed by atoms with Gasteiger partial charge in [-0.1, -0.05) is 0 Å². The zero-order valence-corrected chi connectivity index (χ0v) is 8.50. The molecule has 0 rings (SSSR count). The summed E-state index contributed by atoms with van der Waals surface area (Å²) in [4.78, 5) is 0. The molecule has 0 fully saturated rings. The van der Waals surface area contributed by atoms with Gasteiger partial charge in [-0.15, -0.1) is 0 Å². The van der Waals surface area contributed by atoms with E-state index in [2.05, 4.69) is 0 Å². The fourth-order valence-corrected chi connectivity index (χ4v) is 0. The molecule has 10 heavy (non-hydrogen) atoms. The molecule has 16 N–H and O–H groups in total. The topological polar surface area (TPSA) is 252 Å². The Labute approximate surface area is 88.3 Å². The van der Waals surface area contributed by atoms with E-state index in [1.165, 1.54) is 0 Å². The average molecular weight is 202 g/mol. The minimum atomic E-state index is 0. The van der Waals surface area contributed by atoms with Crippen molar-refractivity contribution in [2.75, 3.05) is 0 Å². The van der Waals surface area contributed by atoms with Crippen molar-refractivity contribution in [1.29, 1.82) is 0 Å². The summed E-state index contributed by atoms with van der Waals surface area (Å²) in [6, 6.07) is 0. The van der Waals surface area contributed by atoms with E-state index in [1.54, 1.807) is 0 Å². The van der Waals surface area contributed by atoms with Crippen LogP contribution in [-0.2, 0) is 0 Å². The zero-order valence-electron chi connectivity index (χ0n) is 6.50. The summed E-state index contributed by atoms with van der Waals surface area (Å²) in [5.74, 6) is 0. The Morgan fingerprint density at radius 3 is 0.400 bits per heavy atom. The molecule has 0 saturated heterocycles. The molecular weight excluding hydrogens is 183 g/mol. The van der Waals surface area contributed by atoms with Crippen LogP contribution < -0.4 is 29.6 Å². The summed E-state index contributed by atoms with van der Waals surface area (Å²) in [5.41, 5.74) is 0. The number of hydrogen-bond donors (Lipinski definition) is 0. The number of hydrogen-bond acceptors (Lipinski definition) is 0. The Bertz CT molecular complexity index is 14.1. The second kappa shape index (κ2) is 771. The standard InChI is InChI=1S/Na.8H2O.H2S.H/h;9*1H2;/q+1;;;;;;;;;;-1. The predicted octanol–water partition coefficient (Wildman–Crippen LogP) is -9.37. The number of rotatable bonds is 0. The van der Waals surface area contributed by atoms with E-state index in [4.69, 9.17) is 0 Å². The summed E-state index contributed by atoms with van der Waals surface area (Å²) in [6.07, 6.45) is 0. The van der Waals surface area contributed by atoms with Crippen molar-refractivity contribution < 1.29 is 74.8 Å². The molecule has 0 radical (unpaired) electrons. The minimum Gasteiger partial charge on any atom is -1.00 e. The SMILES string of the molecule is O.O.O.O.O.O.O.O.S.[H-].[Na+]. The third kappa shape index (κ3) is 549. The molecule has 0 aliphatic rings. The Balaban J connectivity index is 0. The normalized spacial score (nSPS) is 0. The molecule has 0 aliphatic carbocycles. The molecule has 0 unspecified atom stereocenters. The first-order valence-electron chi connectivity index (χ1n) is 0. The summed E-state index contributed by atoms with van der Waals surface area (Å²) >= 11 is 0. The average Bonchev–Trinajstić information content (AvgIpc) is 0. The maximum absolute atomic E-state index is 0. The van der Waals surface area contributed by atoms with E-state index in [1.807, 2.05) is 0 Å². The fraction of sp³-hybridized carbons (Fsp3) is 0. The van der Waals surface area contributed by atoms with Gasteiger partial charge in [-0.05, 0) is 0 Å². The summed E-state index contributed by atoms with van der Waals surface area (Å²) in [7, 11) is 0. The Morgan fingerprint density at radius 1 is 0.400 bits per heavy atom. The van der Waals surface area contributed by atoms with Crippen molar-refractivity contribution in [3.63, 3.8) is 0 Å². The monoisotopic (exact) mass is 202 g/mol. The minimum absolute atomic E-state index is 0. The van der Waals surface area contributed by atoms with Crippen LogP contribution in [0.1, 0.15) is 1.43 Å². The molecule has 74 valence electrons. The molecule has 0 atom stereocenters. The molecule has 0 heterocycles. The predicted molar refractivity (Wildman–Crippen MR) is 40.4 cm³/mol. The van der Waals surface area contributed by atoms with Crippen LogP contribution in [0.3, 0.4) is 0 Å². The van der Waals surface area contributed by atoms with Crippen molar-refractivity contribution >= 4 is 13.5 Å². The summed E-state index contributed by atoms with van der Waals surface area (Å²) in [6.45, 7) is 0. The first-order chi connectivity index (χ1) is 0.